The van der Waals surface area contributed by atoms with E-state index in [1.54, 1.807) is 0 Å². The van der Waals surface area contributed by atoms with Gasteiger partial charge >= 0.3 is 0 Å². The van der Waals surface area contributed by atoms with E-state index in [1.807, 2.05) is 6.07 Å². The molecule has 20 heavy (non-hydrogen) atoms. The van der Waals surface area contributed by atoms with Gasteiger partial charge in [-0.3, -0.25) is 0 Å². The van der Waals surface area contributed by atoms with Gasteiger partial charge in [0.2, 0.25) is 0 Å². The van der Waals surface area contributed by atoms with Gasteiger partial charge in [-0.15, -0.1) is 0 Å². The van der Waals surface area contributed by atoms with Crippen molar-refractivity contribution in [2.24, 2.45) is 5.73 Å². The van der Waals surface area contributed by atoms with Crippen LogP contribution in [0.25, 0.3) is 0 Å². The molecule has 2 aromatic carbocycles. The summed E-state index contributed by atoms with van der Waals surface area (Å²) in [5.74, 6) is 0.941. The van der Waals surface area contributed by atoms with Crippen LogP contribution >= 0.6 is 0 Å². The van der Waals surface area contributed by atoms with E-state index < -0.39 is 0 Å². The van der Waals surface area contributed by atoms with Crippen LogP contribution < -0.4 is 10.5 Å². The summed E-state index contributed by atoms with van der Waals surface area (Å²) in [6.07, 6.45) is 2.12. The Morgan fingerprint density at radius 1 is 1.10 bits per heavy atom. The van der Waals surface area contributed by atoms with Crippen molar-refractivity contribution in [2.75, 3.05) is 0 Å². The summed E-state index contributed by atoms with van der Waals surface area (Å²) in [4.78, 5) is 0. The van der Waals surface area contributed by atoms with Gasteiger partial charge in [-0.05, 0) is 66.6 Å². The second-order valence-corrected chi connectivity index (χ2v) is 5.71. The molecule has 0 spiro atoms. The molecule has 2 N–H and O–H groups in total. The van der Waals surface area contributed by atoms with Crippen molar-refractivity contribution < 1.29 is 4.74 Å². The van der Waals surface area contributed by atoms with Crippen molar-refractivity contribution in [1.29, 1.82) is 0 Å². The number of rotatable bonds is 3. The van der Waals surface area contributed by atoms with Gasteiger partial charge in [0.15, 0.2) is 0 Å². The molecule has 1 atom stereocenters. The van der Waals surface area contributed by atoms with Crippen molar-refractivity contribution >= 4 is 0 Å². The van der Waals surface area contributed by atoms with Crippen LogP contribution in [-0.2, 0) is 13.0 Å². The molecule has 0 aliphatic heterocycles. The number of ether oxygens (including phenoxy) is 1. The minimum atomic E-state index is 0.207. The van der Waals surface area contributed by atoms with Crippen molar-refractivity contribution in [3.8, 4) is 5.75 Å². The lowest BCUT2D eigenvalue weighted by Crippen LogP contribution is -2.05. The first-order valence-corrected chi connectivity index (χ1v) is 7.21. The van der Waals surface area contributed by atoms with Crippen LogP contribution in [0.15, 0.2) is 36.4 Å². The first-order chi connectivity index (χ1) is 9.63. The smallest absolute Gasteiger partial charge is 0.120 e. The molecule has 0 bridgehead atoms. The van der Waals surface area contributed by atoms with Gasteiger partial charge in [0.1, 0.15) is 12.4 Å². The molecule has 104 valence electrons. The van der Waals surface area contributed by atoms with E-state index in [9.17, 15) is 0 Å². The predicted octanol–water partition coefficient (Wildman–Crippen LogP) is 3.83. The molecule has 0 saturated heterocycles. The predicted molar refractivity (Wildman–Crippen MR) is 81.9 cm³/mol. The normalized spacial score (nSPS) is 17.1. The fourth-order valence-electron chi connectivity index (χ4n) is 2.78. The molecule has 0 amide bonds. The Labute approximate surface area is 120 Å². The Balaban J connectivity index is 1.71. The SMILES string of the molecule is Cc1ccc(COc2ccc3c(c2)CC[C@H]3N)cc1C. The van der Waals surface area contributed by atoms with Crippen molar-refractivity contribution in [3.05, 3.63) is 64.2 Å². The molecule has 0 saturated carbocycles. The van der Waals surface area contributed by atoms with Gasteiger partial charge in [-0.25, -0.2) is 0 Å². The van der Waals surface area contributed by atoms with E-state index in [1.165, 1.54) is 27.8 Å². The zero-order valence-electron chi connectivity index (χ0n) is 12.1. The van der Waals surface area contributed by atoms with Crippen LogP contribution in [0, 0.1) is 13.8 Å². The molecule has 0 aromatic heterocycles. The van der Waals surface area contributed by atoms with E-state index in [2.05, 4.69) is 44.2 Å². The summed E-state index contributed by atoms with van der Waals surface area (Å²) in [7, 11) is 0. The molecule has 0 heterocycles. The minimum Gasteiger partial charge on any atom is -0.489 e. The fraction of sp³-hybridized carbons (Fsp3) is 0.333. The number of fused-ring (bicyclic) bond motifs is 1. The maximum Gasteiger partial charge on any atom is 0.120 e. The average Bonchev–Trinajstić information content (AvgIpc) is 2.81. The highest BCUT2D eigenvalue weighted by Gasteiger charge is 2.18. The van der Waals surface area contributed by atoms with Crippen LogP contribution in [0.1, 0.15) is 40.3 Å². The summed E-state index contributed by atoms with van der Waals surface area (Å²) < 4.78 is 5.91. The van der Waals surface area contributed by atoms with Crippen LogP contribution in [0.5, 0.6) is 5.75 Å². The second-order valence-electron chi connectivity index (χ2n) is 5.71. The van der Waals surface area contributed by atoms with Gasteiger partial charge < -0.3 is 10.5 Å². The first-order valence-electron chi connectivity index (χ1n) is 7.21. The summed E-state index contributed by atoms with van der Waals surface area (Å²) in [5.41, 5.74) is 12.5. The summed E-state index contributed by atoms with van der Waals surface area (Å²) in [5, 5.41) is 0. The Morgan fingerprint density at radius 3 is 2.75 bits per heavy atom. The molecule has 3 rings (SSSR count). The van der Waals surface area contributed by atoms with Gasteiger partial charge in [0, 0.05) is 6.04 Å². The summed E-state index contributed by atoms with van der Waals surface area (Å²) in [6.45, 7) is 4.88. The summed E-state index contributed by atoms with van der Waals surface area (Å²) >= 11 is 0. The second kappa shape index (κ2) is 5.29. The number of hydrogen-bond acceptors (Lipinski definition) is 2. The lowest BCUT2D eigenvalue weighted by Gasteiger charge is -2.10. The highest BCUT2D eigenvalue weighted by atomic mass is 16.5. The Morgan fingerprint density at radius 2 is 1.95 bits per heavy atom. The van der Waals surface area contributed by atoms with Crippen LogP contribution in [0.2, 0.25) is 0 Å². The number of hydrogen-bond donors (Lipinski definition) is 1. The van der Waals surface area contributed by atoms with Crippen molar-refractivity contribution in [1.82, 2.24) is 0 Å². The van der Waals surface area contributed by atoms with E-state index in [-0.39, 0.29) is 6.04 Å². The standard InChI is InChI=1S/C18H21NO/c1-12-3-4-14(9-13(12)2)11-20-16-6-7-17-15(10-16)5-8-18(17)19/h3-4,6-7,9-10,18H,5,8,11,19H2,1-2H3/t18-/m1/s1. The lowest BCUT2D eigenvalue weighted by molar-refractivity contribution is 0.306. The summed E-state index contributed by atoms with van der Waals surface area (Å²) in [6, 6.07) is 13.0. The monoisotopic (exact) mass is 267 g/mol. The highest BCUT2D eigenvalue weighted by molar-refractivity contribution is 5.40. The minimum absolute atomic E-state index is 0.207. The van der Waals surface area contributed by atoms with Crippen LogP contribution in [-0.4, -0.2) is 0 Å². The van der Waals surface area contributed by atoms with Crippen LogP contribution in [0.4, 0.5) is 0 Å². The van der Waals surface area contributed by atoms with Gasteiger partial charge in [0.25, 0.3) is 0 Å². The third-order valence-electron chi connectivity index (χ3n) is 4.22. The van der Waals surface area contributed by atoms with E-state index in [0.717, 1.165) is 18.6 Å². The third-order valence-corrected chi connectivity index (χ3v) is 4.22. The fourth-order valence-corrected chi connectivity index (χ4v) is 2.78. The molecule has 0 radical (unpaired) electrons. The maximum absolute atomic E-state index is 6.05. The Bertz CT molecular complexity index is 633. The van der Waals surface area contributed by atoms with Crippen molar-refractivity contribution in [3.63, 3.8) is 0 Å². The maximum atomic E-state index is 6.05. The molecular weight excluding hydrogens is 246 g/mol. The third kappa shape index (κ3) is 2.56. The topological polar surface area (TPSA) is 35.2 Å². The van der Waals surface area contributed by atoms with E-state index in [0.29, 0.717) is 6.61 Å². The molecule has 1 aliphatic carbocycles. The van der Waals surface area contributed by atoms with Gasteiger partial charge in [0.05, 0.1) is 0 Å². The highest BCUT2D eigenvalue weighted by Crippen LogP contribution is 2.32. The quantitative estimate of drug-likeness (QED) is 0.917. The van der Waals surface area contributed by atoms with Crippen LogP contribution in [0.3, 0.4) is 0 Å². The van der Waals surface area contributed by atoms with Gasteiger partial charge in [-0.2, -0.15) is 0 Å². The Hall–Kier alpha value is -1.80. The Kier molecular flexibility index (Phi) is 3.49. The molecular formula is C18H21NO. The molecule has 2 aromatic rings. The molecule has 2 nitrogen and oxygen atoms in total. The first kappa shape index (κ1) is 13.2. The molecule has 0 fully saturated rings. The number of benzene rings is 2. The van der Waals surface area contributed by atoms with E-state index in [4.69, 9.17) is 10.5 Å². The molecule has 0 unspecified atom stereocenters. The lowest BCUT2D eigenvalue weighted by atomic mass is 10.1. The number of aryl methyl sites for hydroxylation is 3. The molecule has 2 heteroatoms. The molecule has 1 aliphatic rings. The zero-order chi connectivity index (χ0) is 14.1. The van der Waals surface area contributed by atoms with Crippen molar-refractivity contribution in [2.45, 2.75) is 39.3 Å². The zero-order valence-corrected chi connectivity index (χ0v) is 12.1. The average molecular weight is 267 g/mol. The van der Waals surface area contributed by atoms with E-state index >= 15 is 0 Å². The van der Waals surface area contributed by atoms with Gasteiger partial charge in [-0.1, -0.05) is 24.3 Å². The number of nitrogens with two attached hydrogens (primary N) is 1. The largest absolute Gasteiger partial charge is 0.489 e.